The largest absolute Gasteiger partial charge is 0.573 e. The maximum absolute atomic E-state index is 14.6. The van der Waals surface area contributed by atoms with Crippen LogP contribution in [0.5, 0.6) is 11.5 Å². The molecule has 0 spiro atoms. The van der Waals surface area contributed by atoms with Crippen LogP contribution in [-0.4, -0.2) is 6.36 Å². The molecule has 0 heterocycles. The SMILES string of the molecule is CCCCCc1ccc(-c2cc(F)c(C(F)(F)Oc3ccc(OC(F)(F)F)c(F)c3)c(F)c2)cc1. The molecule has 0 atom stereocenters. The highest BCUT2D eigenvalue weighted by molar-refractivity contribution is 5.64. The minimum absolute atomic E-state index is 0.0133. The molecule has 0 aliphatic heterocycles. The van der Waals surface area contributed by atoms with Crippen LogP contribution in [0.15, 0.2) is 54.6 Å². The van der Waals surface area contributed by atoms with Crippen molar-refractivity contribution in [3.63, 3.8) is 0 Å². The standard InChI is InChI=1S/C25H20F8O2/c1-2-3-4-5-15-6-8-16(9-7-15)17-12-20(27)23(21(28)13-17)24(29,30)34-18-10-11-22(19(26)14-18)35-25(31,32)33/h6-14H,2-5H2,1H3. The van der Waals surface area contributed by atoms with Crippen LogP contribution in [-0.2, 0) is 12.5 Å². The summed E-state index contributed by atoms with van der Waals surface area (Å²) in [5, 5.41) is 0. The Hall–Kier alpha value is -3.30. The molecular formula is C25H20F8O2. The van der Waals surface area contributed by atoms with E-state index in [1.165, 1.54) is 0 Å². The Morgan fingerprint density at radius 1 is 0.686 bits per heavy atom. The highest BCUT2D eigenvalue weighted by Gasteiger charge is 2.41. The van der Waals surface area contributed by atoms with Gasteiger partial charge in [-0.3, -0.25) is 0 Å². The quantitative estimate of drug-likeness (QED) is 0.215. The van der Waals surface area contributed by atoms with Gasteiger partial charge in [-0.15, -0.1) is 13.2 Å². The average Bonchev–Trinajstić information content (AvgIpc) is 2.74. The first-order chi connectivity index (χ1) is 16.4. The van der Waals surface area contributed by atoms with Gasteiger partial charge in [0.25, 0.3) is 0 Å². The molecule has 0 saturated heterocycles. The Balaban J connectivity index is 1.81. The van der Waals surface area contributed by atoms with Crippen molar-refractivity contribution < 1.29 is 44.6 Å². The topological polar surface area (TPSA) is 18.5 Å². The fourth-order valence-electron chi connectivity index (χ4n) is 3.41. The zero-order valence-electron chi connectivity index (χ0n) is 18.4. The van der Waals surface area contributed by atoms with Crippen LogP contribution in [0.3, 0.4) is 0 Å². The predicted octanol–water partition coefficient (Wildman–Crippen LogP) is 8.53. The number of unbranched alkanes of at least 4 members (excludes halogenated alkanes) is 2. The normalized spacial score (nSPS) is 12.0. The van der Waals surface area contributed by atoms with Crippen molar-refractivity contribution in [3.8, 4) is 22.6 Å². The summed E-state index contributed by atoms with van der Waals surface area (Å²) in [6, 6.07) is 9.36. The van der Waals surface area contributed by atoms with Crippen LogP contribution in [0.4, 0.5) is 35.1 Å². The summed E-state index contributed by atoms with van der Waals surface area (Å²) >= 11 is 0. The first-order valence-electron chi connectivity index (χ1n) is 10.6. The number of hydrogen-bond donors (Lipinski definition) is 0. The zero-order chi connectivity index (χ0) is 25.8. The number of ether oxygens (including phenoxy) is 2. The van der Waals surface area contributed by atoms with Gasteiger partial charge < -0.3 is 9.47 Å². The van der Waals surface area contributed by atoms with Crippen LogP contribution in [0.2, 0.25) is 0 Å². The lowest BCUT2D eigenvalue weighted by Gasteiger charge is -2.20. The average molecular weight is 504 g/mol. The summed E-state index contributed by atoms with van der Waals surface area (Å²) in [6.07, 6.45) is -5.86. The molecule has 0 fully saturated rings. The summed E-state index contributed by atoms with van der Waals surface area (Å²) in [4.78, 5) is 0. The smallest absolute Gasteiger partial charge is 0.429 e. The number of hydrogen-bond acceptors (Lipinski definition) is 2. The Morgan fingerprint density at radius 3 is 1.86 bits per heavy atom. The van der Waals surface area contributed by atoms with Gasteiger partial charge in [0.15, 0.2) is 11.6 Å². The third-order valence-corrected chi connectivity index (χ3v) is 5.06. The summed E-state index contributed by atoms with van der Waals surface area (Å²) < 4.78 is 116. The van der Waals surface area contributed by atoms with E-state index in [1.54, 1.807) is 24.3 Å². The zero-order valence-corrected chi connectivity index (χ0v) is 18.4. The number of alkyl halides is 5. The molecule has 0 aromatic heterocycles. The first kappa shape index (κ1) is 26.3. The molecule has 0 saturated carbocycles. The minimum Gasteiger partial charge on any atom is -0.429 e. The van der Waals surface area contributed by atoms with E-state index < -0.39 is 47.0 Å². The van der Waals surface area contributed by atoms with Gasteiger partial charge in [0.1, 0.15) is 22.9 Å². The second kappa shape index (κ2) is 10.5. The molecule has 0 radical (unpaired) electrons. The number of halogens is 8. The molecule has 2 nitrogen and oxygen atoms in total. The van der Waals surface area contributed by atoms with E-state index in [2.05, 4.69) is 16.4 Å². The van der Waals surface area contributed by atoms with E-state index in [0.29, 0.717) is 29.8 Å². The van der Waals surface area contributed by atoms with Crippen molar-refractivity contribution in [1.29, 1.82) is 0 Å². The lowest BCUT2D eigenvalue weighted by Crippen LogP contribution is -2.25. The van der Waals surface area contributed by atoms with Gasteiger partial charge in [0.2, 0.25) is 0 Å². The van der Waals surface area contributed by atoms with E-state index in [-0.39, 0.29) is 11.6 Å². The van der Waals surface area contributed by atoms with Gasteiger partial charge >= 0.3 is 12.5 Å². The first-order valence-corrected chi connectivity index (χ1v) is 10.6. The van der Waals surface area contributed by atoms with E-state index >= 15 is 0 Å². The lowest BCUT2D eigenvalue weighted by atomic mass is 9.99. The van der Waals surface area contributed by atoms with Gasteiger partial charge in [0, 0.05) is 6.07 Å². The van der Waals surface area contributed by atoms with Gasteiger partial charge in [0.05, 0.1) is 0 Å². The second-order valence-corrected chi connectivity index (χ2v) is 7.73. The summed E-state index contributed by atoms with van der Waals surface area (Å²) in [5.74, 6) is -7.15. The molecule has 0 amide bonds. The van der Waals surface area contributed by atoms with Gasteiger partial charge in [-0.2, -0.15) is 8.78 Å². The second-order valence-electron chi connectivity index (χ2n) is 7.73. The molecule has 0 aliphatic carbocycles. The third kappa shape index (κ3) is 6.86. The van der Waals surface area contributed by atoms with E-state index in [0.717, 1.165) is 31.2 Å². The fourth-order valence-corrected chi connectivity index (χ4v) is 3.41. The molecule has 3 rings (SSSR count). The molecule has 10 heteroatoms. The van der Waals surface area contributed by atoms with Crippen molar-refractivity contribution in [1.82, 2.24) is 0 Å². The van der Waals surface area contributed by atoms with Crippen molar-refractivity contribution in [2.45, 2.75) is 45.1 Å². The third-order valence-electron chi connectivity index (χ3n) is 5.06. The maximum atomic E-state index is 14.6. The Bertz CT molecular complexity index is 1130. The van der Waals surface area contributed by atoms with Crippen LogP contribution in [0.25, 0.3) is 11.1 Å². The van der Waals surface area contributed by atoms with Crippen LogP contribution < -0.4 is 9.47 Å². The maximum Gasteiger partial charge on any atom is 0.573 e. The Kier molecular flexibility index (Phi) is 7.92. The fraction of sp³-hybridized carbons (Fsp3) is 0.280. The Labute approximate surface area is 196 Å². The van der Waals surface area contributed by atoms with Crippen LogP contribution in [0.1, 0.15) is 37.3 Å². The molecule has 0 bridgehead atoms. The summed E-state index contributed by atoms with van der Waals surface area (Å²) in [7, 11) is 0. The van der Waals surface area contributed by atoms with E-state index in [1.807, 2.05) is 0 Å². The van der Waals surface area contributed by atoms with Crippen molar-refractivity contribution >= 4 is 0 Å². The van der Waals surface area contributed by atoms with E-state index in [4.69, 9.17) is 0 Å². The summed E-state index contributed by atoms with van der Waals surface area (Å²) in [5.41, 5.74) is -0.286. The molecule has 3 aromatic carbocycles. The van der Waals surface area contributed by atoms with Crippen molar-refractivity contribution in [3.05, 3.63) is 83.2 Å². The molecule has 0 N–H and O–H groups in total. The molecule has 0 unspecified atom stereocenters. The van der Waals surface area contributed by atoms with Crippen molar-refractivity contribution in [2.75, 3.05) is 0 Å². The monoisotopic (exact) mass is 504 g/mol. The Morgan fingerprint density at radius 2 is 1.31 bits per heavy atom. The highest BCUT2D eigenvalue weighted by Crippen LogP contribution is 2.38. The number of benzene rings is 3. The molecule has 0 aliphatic rings. The van der Waals surface area contributed by atoms with Crippen LogP contribution in [0, 0.1) is 17.5 Å². The molecular weight excluding hydrogens is 484 g/mol. The molecule has 3 aromatic rings. The van der Waals surface area contributed by atoms with E-state index in [9.17, 15) is 35.1 Å². The molecule has 188 valence electrons. The minimum atomic E-state index is -5.21. The van der Waals surface area contributed by atoms with Gasteiger partial charge in [-0.1, -0.05) is 44.0 Å². The van der Waals surface area contributed by atoms with Gasteiger partial charge in [-0.25, -0.2) is 13.2 Å². The lowest BCUT2D eigenvalue weighted by molar-refractivity contribution is -0.275. The van der Waals surface area contributed by atoms with Crippen molar-refractivity contribution in [2.24, 2.45) is 0 Å². The highest BCUT2D eigenvalue weighted by atomic mass is 19.4. The molecule has 35 heavy (non-hydrogen) atoms. The van der Waals surface area contributed by atoms with Crippen LogP contribution >= 0.6 is 0 Å². The number of aryl methyl sites for hydroxylation is 1. The summed E-state index contributed by atoms with van der Waals surface area (Å²) in [6.45, 7) is 2.08. The number of rotatable bonds is 9. The predicted molar refractivity (Wildman–Crippen MR) is 113 cm³/mol. The van der Waals surface area contributed by atoms with Gasteiger partial charge in [-0.05, 0) is 53.8 Å².